The van der Waals surface area contributed by atoms with E-state index in [1.165, 1.54) is 0 Å². The lowest BCUT2D eigenvalue weighted by atomic mass is 10.3. The summed E-state index contributed by atoms with van der Waals surface area (Å²) in [6, 6.07) is 2.13. The molecule has 6 nitrogen and oxygen atoms in total. The Hall–Kier alpha value is -1.36. The van der Waals surface area contributed by atoms with Gasteiger partial charge >= 0.3 is 0 Å². The van der Waals surface area contributed by atoms with Crippen molar-refractivity contribution in [2.24, 2.45) is 0 Å². The van der Waals surface area contributed by atoms with Crippen molar-refractivity contribution >= 4 is 17.7 Å². The minimum absolute atomic E-state index is 0.601. The Kier molecular flexibility index (Phi) is 6.57. The molecule has 1 aliphatic heterocycles. The van der Waals surface area contributed by atoms with Gasteiger partial charge in [0.25, 0.3) is 0 Å². The lowest BCUT2D eigenvalue weighted by molar-refractivity contribution is 0.122. The summed E-state index contributed by atoms with van der Waals surface area (Å²) in [4.78, 5) is 10.9. The molecule has 1 saturated heterocycles. The highest BCUT2D eigenvalue weighted by atomic mass is 32.2. The van der Waals surface area contributed by atoms with E-state index >= 15 is 0 Å². The van der Waals surface area contributed by atoms with Gasteiger partial charge in [0.15, 0.2) is 0 Å². The Labute approximate surface area is 123 Å². The summed E-state index contributed by atoms with van der Waals surface area (Å²) in [5, 5.41) is 11.7. The van der Waals surface area contributed by atoms with E-state index in [-0.39, 0.29) is 0 Å². The average Bonchev–Trinajstić information content (AvgIpc) is 2.52. The quantitative estimate of drug-likeness (QED) is 0.594. The molecule has 1 fully saturated rings. The molecule has 0 saturated carbocycles. The Balaban J connectivity index is 1.70. The number of nitriles is 1. The fourth-order valence-electron chi connectivity index (χ4n) is 1.82. The van der Waals surface area contributed by atoms with E-state index < -0.39 is 0 Å². The SMILES string of the molecule is N#CCCSCNCc1cnc(N2CCOCC2)nc1. The van der Waals surface area contributed by atoms with Crippen LogP contribution in [-0.2, 0) is 11.3 Å². The van der Waals surface area contributed by atoms with Crippen molar-refractivity contribution in [3.8, 4) is 6.07 Å². The zero-order valence-electron chi connectivity index (χ0n) is 11.4. The van der Waals surface area contributed by atoms with Crippen LogP contribution < -0.4 is 10.2 Å². The van der Waals surface area contributed by atoms with Crippen LogP contribution in [0.1, 0.15) is 12.0 Å². The van der Waals surface area contributed by atoms with Gasteiger partial charge in [-0.15, -0.1) is 11.8 Å². The largest absolute Gasteiger partial charge is 0.378 e. The molecular weight excluding hydrogens is 274 g/mol. The van der Waals surface area contributed by atoms with Gasteiger partial charge in [-0.1, -0.05) is 0 Å². The molecule has 0 amide bonds. The monoisotopic (exact) mass is 293 g/mol. The fourth-order valence-corrected chi connectivity index (χ4v) is 2.45. The zero-order chi connectivity index (χ0) is 14.0. The molecule has 7 heteroatoms. The highest BCUT2D eigenvalue weighted by Gasteiger charge is 2.13. The van der Waals surface area contributed by atoms with Crippen LogP contribution >= 0.6 is 11.8 Å². The molecule has 0 aliphatic carbocycles. The predicted molar refractivity (Wildman–Crippen MR) is 79.5 cm³/mol. The topological polar surface area (TPSA) is 74.1 Å². The van der Waals surface area contributed by atoms with E-state index in [1.807, 2.05) is 12.4 Å². The summed E-state index contributed by atoms with van der Waals surface area (Å²) in [5.74, 6) is 2.49. The minimum Gasteiger partial charge on any atom is -0.378 e. The minimum atomic E-state index is 0.601. The highest BCUT2D eigenvalue weighted by molar-refractivity contribution is 7.99. The number of morpholine rings is 1. The molecule has 2 heterocycles. The first-order chi connectivity index (χ1) is 9.90. The maximum atomic E-state index is 8.42. The van der Waals surface area contributed by atoms with Gasteiger partial charge in [0.05, 0.1) is 19.3 Å². The van der Waals surface area contributed by atoms with Crippen molar-refractivity contribution in [1.29, 1.82) is 5.26 Å². The van der Waals surface area contributed by atoms with Crippen LogP contribution in [0, 0.1) is 11.3 Å². The van der Waals surface area contributed by atoms with E-state index in [9.17, 15) is 0 Å². The van der Waals surface area contributed by atoms with Crippen molar-refractivity contribution in [1.82, 2.24) is 15.3 Å². The molecule has 108 valence electrons. The Morgan fingerprint density at radius 3 is 2.80 bits per heavy atom. The Bertz CT molecular complexity index is 427. The van der Waals surface area contributed by atoms with Crippen LogP contribution in [0.15, 0.2) is 12.4 Å². The molecule has 1 aromatic rings. The molecule has 0 aromatic carbocycles. The lowest BCUT2D eigenvalue weighted by Gasteiger charge is -2.26. The van der Waals surface area contributed by atoms with Crippen LogP contribution in [0.5, 0.6) is 0 Å². The molecule has 20 heavy (non-hydrogen) atoms. The van der Waals surface area contributed by atoms with E-state index in [1.54, 1.807) is 11.8 Å². The smallest absolute Gasteiger partial charge is 0.225 e. The van der Waals surface area contributed by atoms with Gasteiger partial charge < -0.3 is 15.0 Å². The second-order valence-corrected chi connectivity index (χ2v) is 5.48. The first-order valence-electron chi connectivity index (χ1n) is 6.69. The maximum absolute atomic E-state index is 8.42. The molecule has 2 rings (SSSR count). The first-order valence-corrected chi connectivity index (χ1v) is 7.84. The zero-order valence-corrected chi connectivity index (χ0v) is 12.2. The molecule has 0 unspecified atom stereocenters. The summed E-state index contributed by atoms with van der Waals surface area (Å²) >= 11 is 1.73. The van der Waals surface area contributed by atoms with Gasteiger partial charge in [0, 0.05) is 55.6 Å². The van der Waals surface area contributed by atoms with E-state index in [2.05, 4.69) is 26.3 Å². The lowest BCUT2D eigenvalue weighted by Crippen LogP contribution is -2.37. The number of nitrogens with one attached hydrogen (secondary N) is 1. The third-order valence-corrected chi connectivity index (χ3v) is 3.78. The van der Waals surface area contributed by atoms with Crippen molar-refractivity contribution in [3.63, 3.8) is 0 Å². The molecule has 0 atom stereocenters. The van der Waals surface area contributed by atoms with E-state index in [0.717, 1.165) is 56.0 Å². The van der Waals surface area contributed by atoms with E-state index in [4.69, 9.17) is 10.00 Å². The van der Waals surface area contributed by atoms with Gasteiger partial charge in [0.1, 0.15) is 0 Å². The van der Waals surface area contributed by atoms with Crippen LogP contribution in [0.2, 0.25) is 0 Å². The van der Waals surface area contributed by atoms with Crippen molar-refractivity contribution < 1.29 is 4.74 Å². The summed E-state index contributed by atoms with van der Waals surface area (Å²) < 4.78 is 5.31. The van der Waals surface area contributed by atoms with Crippen LogP contribution in [-0.4, -0.2) is 47.9 Å². The molecule has 1 aromatic heterocycles. The second kappa shape index (κ2) is 8.74. The third kappa shape index (κ3) is 4.96. The highest BCUT2D eigenvalue weighted by Crippen LogP contribution is 2.09. The fraction of sp³-hybridized carbons (Fsp3) is 0.615. The normalized spacial score (nSPS) is 15.1. The molecule has 1 N–H and O–H groups in total. The average molecular weight is 293 g/mol. The molecular formula is C13H19N5OS. The number of rotatable bonds is 7. The molecule has 0 spiro atoms. The number of thioether (sulfide) groups is 1. The summed E-state index contributed by atoms with van der Waals surface area (Å²) in [6.07, 6.45) is 4.33. The van der Waals surface area contributed by atoms with Crippen LogP contribution in [0.25, 0.3) is 0 Å². The number of hydrogen-bond donors (Lipinski definition) is 1. The number of ether oxygens (including phenoxy) is 1. The maximum Gasteiger partial charge on any atom is 0.225 e. The second-order valence-electron chi connectivity index (χ2n) is 4.38. The number of aromatic nitrogens is 2. The number of hydrogen-bond acceptors (Lipinski definition) is 7. The van der Waals surface area contributed by atoms with Gasteiger partial charge in [-0.05, 0) is 0 Å². The van der Waals surface area contributed by atoms with Gasteiger partial charge in [0.2, 0.25) is 5.95 Å². The van der Waals surface area contributed by atoms with Gasteiger partial charge in [-0.3, -0.25) is 0 Å². The van der Waals surface area contributed by atoms with Crippen LogP contribution in [0.3, 0.4) is 0 Å². The molecule has 1 aliphatic rings. The van der Waals surface area contributed by atoms with Gasteiger partial charge in [-0.2, -0.15) is 5.26 Å². The standard InChI is InChI=1S/C13H19N5OS/c14-2-1-7-20-11-15-8-12-9-16-13(17-10-12)18-3-5-19-6-4-18/h9-10,15H,1,3-8,11H2. The first kappa shape index (κ1) is 15.0. The Morgan fingerprint density at radius 2 is 2.10 bits per heavy atom. The van der Waals surface area contributed by atoms with Crippen molar-refractivity contribution in [3.05, 3.63) is 18.0 Å². The van der Waals surface area contributed by atoms with Gasteiger partial charge in [-0.25, -0.2) is 9.97 Å². The summed E-state index contributed by atoms with van der Waals surface area (Å²) in [7, 11) is 0. The number of nitrogens with zero attached hydrogens (tertiary/aromatic N) is 4. The third-order valence-electron chi connectivity index (χ3n) is 2.88. The van der Waals surface area contributed by atoms with Crippen molar-refractivity contribution in [2.45, 2.75) is 13.0 Å². The Morgan fingerprint density at radius 1 is 1.35 bits per heavy atom. The number of anilines is 1. The predicted octanol–water partition coefficient (Wildman–Crippen LogP) is 1.01. The van der Waals surface area contributed by atoms with Crippen molar-refractivity contribution in [2.75, 3.05) is 42.8 Å². The molecule has 0 bridgehead atoms. The van der Waals surface area contributed by atoms with E-state index in [0.29, 0.717) is 6.42 Å². The summed E-state index contributed by atoms with van der Waals surface area (Å²) in [5.41, 5.74) is 1.07. The molecule has 0 radical (unpaired) electrons. The van der Waals surface area contributed by atoms with Crippen LogP contribution in [0.4, 0.5) is 5.95 Å². The summed E-state index contributed by atoms with van der Waals surface area (Å²) in [6.45, 7) is 3.95.